The Morgan fingerprint density at radius 3 is 1.79 bits per heavy atom. The van der Waals surface area contributed by atoms with Gasteiger partial charge in [0.05, 0.1) is 0 Å². The Morgan fingerprint density at radius 1 is 0.632 bits per heavy atom. The number of rotatable bonds is 0. The molecule has 0 aromatic carbocycles. The molecule has 0 saturated carbocycles. The molecule has 0 amide bonds. The lowest BCUT2D eigenvalue weighted by Gasteiger charge is -1.96. The van der Waals surface area contributed by atoms with Crippen LogP contribution in [-0.4, -0.2) is 5.78 Å². The Bertz CT molecular complexity index is 345. The van der Waals surface area contributed by atoms with E-state index in [4.69, 9.17) is 0 Å². The maximum absolute atomic E-state index is 11.5. The largest absolute Gasteiger partial charge is 0.295 e. The first-order valence-electron chi connectivity index (χ1n) is 7.57. The van der Waals surface area contributed by atoms with Crippen molar-refractivity contribution < 1.29 is 4.79 Å². The number of hydrogen-bond acceptors (Lipinski definition) is 1. The summed E-state index contributed by atoms with van der Waals surface area (Å²) < 4.78 is 0. The van der Waals surface area contributed by atoms with Crippen LogP contribution in [0.3, 0.4) is 0 Å². The molecule has 0 unspecified atom stereocenters. The molecule has 19 heavy (non-hydrogen) atoms. The van der Waals surface area contributed by atoms with Crippen molar-refractivity contribution in [3.05, 3.63) is 48.6 Å². The molecule has 0 radical (unpaired) electrons. The fraction of sp³-hybridized carbons (Fsp3) is 0.500. The van der Waals surface area contributed by atoms with E-state index in [9.17, 15) is 4.79 Å². The zero-order chi connectivity index (χ0) is 13.6. The summed E-state index contributed by atoms with van der Waals surface area (Å²) >= 11 is 0. The van der Waals surface area contributed by atoms with Gasteiger partial charge in [-0.3, -0.25) is 4.79 Å². The Balaban J connectivity index is 2.37. The molecule has 0 N–H and O–H groups in total. The quantitative estimate of drug-likeness (QED) is 0.576. The van der Waals surface area contributed by atoms with E-state index in [1.165, 1.54) is 32.1 Å². The standard InChI is InChI=1S/C18H26O/c19-18-16-14-12-10-8-6-4-2-1-3-5-7-9-11-13-15-17-18/h4,6,8,10-11,13,15,17H,1-3,5,7,9,12,14,16H2/b6-4-,10-8-,13-11-,17-15-. The zero-order valence-corrected chi connectivity index (χ0v) is 11.9. The van der Waals surface area contributed by atoms with E-state index in [0.717, 1.165) is 19.3 Å². The first kappa shape index (κ1) is 15.7. The van der Waals surface area contributed by atoms with Gasteiger partial charge in [-0.05, 0) is 44.6 Å². The molecular weight excluding hydrogens is 232 g/mol. The predicted molar refractivity (Wildman–Crippen MR) is 83.1 cm³/mol. The van der Waals surface area contributed by atoms with Crippen molar-refractivity contribution >= 4 is 5.78 Å². The van der Waals surface area contributed by atoms with Crippen LogP contribution in [0, 0.1) is 0 Å². The van der Waals surface area contributed by atoms with Gasteiger partial charge in [-0.25, -0.2) is 0 Å². The zero-order valence-electron chi connectivity index (χ0n) is 11.9. The highest BCUT2D eigenvalue weighted by Crippen LogP contribution is 2.07. The van der Waals surface area contributed by atoms with Crippen molar-refractivity contribution in [2.75, 3.05) is 0 Å². The van der Waals surface area contributed by atoms with Crippen molar-refractivity contribution in [1.82, 2.24) is 0 Å². The van der Waals surface area contributed by atoms with Gasteiger partial charge in [0.1, 0.15) is 0 Å². The fourth-order valence-electron chi connectivity index (χ4n) is 2.04. The van der Waals surface area contributed by atoms with Crippen LogP contribution in [0.2, 0.25) is 0 Å². The molecule has 0 aromatic heterocycles. The van der Waals surface area contributed by atoms with Gasteiger partial charge in [-0.1, -0.05) is 55.4 Å². The molecule has 1 nitrogen and oxygen atoms in total. The first-order valence-corrected chi connectivity index (χ1v) is 7.57. The summed E-state index contributed by atoms with van der Waals surface area (Å²) in [6.07, 6.45) is 26.4. The average Bonchev–Trinajstić information content (AvgIpc) is 2.41. The lowest BCUT2D eigenvalue weighted by Crippen LogP contribution is -1.90. The Morgan fingerprint density at radius 2 is 1.16 bits per heavy atom. The lowest BCUT2D eigenvalue weighted by molar-refractivity contribution is -0.114. The SMILES string of the molecule is O=C1/C=C\C=C/CCCCCC/C=C\C=C/CCC1. The van der Waals surface area contributed by atoms with Crippen molar-refractivity contribution in [3.63, 3.8) is 0 Å². The molecule has 1 aliphatic rings. The molecule has 0 fully saturated rings. The van der Waals surface area contributed by atoms with Crippen LogP contribution >= 0.6 is 0 Å². The second-order valence-corrected chi connectivity index (χ2v) is 4.99. The lowest BCUT2D eigenvalue weighted by atomic mass is 10.1. The molecular formula is C18H26O. The normalized spacial score (nSPS) is 26.8. The minimum absolute atomic E-state index is 0.231. The minimum Gasteiger partial charge on any atom is -0.295 e. The number of carbonyl (C=O) groups is 1. The van der Waals surface area contributed by atoms with E-state index in [1.807, 2.05) is 12.2 Å². The Labute approximate surface area is 117 Å². The summed E-state index contributed by atoms with van der Waals surface area (Å²) in [6, 6.07) is 0. The van der Waals surface area contributed by atoms with Gasteiger partial charge < -0.3 is 0 Å². The third kappa shape index (κ3) is 10.3. The Hall–Kier alpha value is -1.37. The summed E-state index contributed by atoms with van der Waals surface area (Å²) in [5, 5.41) is 0. The van der Waals surface area contributed by atoms with Crippen LogP contribution in [0.4, 0.5) is 0 Å². The number of allylic oxidation sites excluding steroid dienone is 8. The molecule has 0 heterocycles. The van der Waals surface area contributed by atoms with Crippen molar-refractivity contribution in [1.29, 1.82) is 0 Å². The highest BCUT2D eigenvalue weighted by atomic mass is 16.1. The van der Waals surface area contributed by atoms with E-state index in [-0.39, 0.29) is 5.78 Å². The van der Waals surface area contributed by atoms with E-state index >= 15 is 0 Å². The van der Waals surface area contributed by atoms with E-state index in [0.29, 0.717) is 6.42 Å². The fourth-order valence-corrected chi connectivity index (χ4v) is 2.04. The number of hydrogen-bond donors (Lipinski definition) is 0. The van der Waals surface area contributed by atoms with Gasteiger partial charge in [0.15, 0.2) is 5.78 Å². The predicted octanol–water partition coefficient (Wildman–Crippen LogP) is 5.30. The van der Waals surface area contributed by atoms with Gasteiger partial charge in [0.2, 0.25) is 0 Å². The van der Waals surface area contributed by atoms with E-state index in [1.54, 1.807) is 6.08 Å². The molecule has 0 aliphatic heterocycles. The van der Waals surface area contributed by atoms with Crippen LogP contribution in [0.1, 0.15) is 57.8 Å². The van der Waals surface area contributed by atoms with Crippen molar-refractivity contribution in [2.45, 2.75) is 57.8 Å². The van der Waals surface area contributed by atoms with Crippen LogP contribution in [0.25, 0.3) is 0 Å². The van der Waals surface area contributed by atoms with Gasteiger partial charge in [-0.15, -0.1) is 0 Å². The number of ketones is 1. The summed E-state index contributed by atoms with van der Waals surface area (Å²) in [5.74, 6) is 0.231. The maximum atomic E-state index is 11.5. The van der Waals surface area contributed by atoms with Gasteiger partial charge in [0, 0.05) is 6.42 Å². The molecule has 0 aromatic rings. The monoisotopic (exact) mass is 258 g/mol. The third-order valence-electron chi connectivity index (χ3n) is 3.20. The molecule has 0 spiro atoms. The summed E-state index contributed by atoms with van der Waals surface area (Å²) in [6.45, 7) is 0. The summed E-state index contributed by atoms with van der Waals surface area (Å²) in [5.41, 5.74) is 0. The summed E-state index contributed by atoms with van der Waals surface area (Å²) in [7, 11) is 0. The molecule has 0 atom stereocenters. The van der Waals surface area contributed by atoms with Gasteiger partial charge >= 0.3 is 0 Å². The van der Waals surface area contributed by atoms with Gasteiger partial charge in [-0.2, -0.15) is 0 Å². The third-order valence-corrected chi connectivity index (χ3v) is 3.20. The molecule has 104 valence electrons. The first-order chi connectivity index (χ1) is 9.39. The molecule has 1 rings (SSSR count). The van der Waals surface area contributed by atoms with Crippen LogP contribution in [0.5, 0.6) is 0 Å². The van der Waals surface area contributed by atoms with Gasteiger partial charge in [0.25, 0.3) is 0 Å². The molecule has 0 saturated heterocycles. The molecule has 1 heteroatoms. The number of carbonyl (C=O) groups excluding carboxylic acids is 1. The van der Waals surface area contributed by atoms with E-state index in [2.05, 4.69) is 30.4 Å². The maximum Gasteiger partial charge on any atom is 0.155 e. The Kier molecular flexibility index (Phi) is 9.66. The van der Waals surface area contributed by atoms with Crippen molar-refractivity contribution in [2.24, 2.45) is 0 Å². The van der Waals surface area contributed by atoms with Crippen LogP contribution < -0.4 is 0 Å². The average molecular weight is 258 g/mol. The molecule has 1 aliphatic carbocycles. The summed E-state index contributed by atoms with van der Waals surface area (Å²) in [4.78, 5) is 11.5. The van der Waals surface area contributed by atoms with Crippen molar-refractivity contribution in [3.8, 4) is 0 Å². The topological polar surface area (TPSA) is 17.1 Å². The second-order valence-electron chi connectivity index (χ2n) is 4.99. The highest BCUT2D eigenvalue weighted by Gasteiger charge is 1.94. The smallest absolute Gasteiger partial charge is 0.155 e. The highest BCUT2D eigenvalue weighted by molar-refractivity contribution is 5.89. The molecule has 0 bridgehead atoms. The minimum atomic E-state index is 0.231. The van der Waals surface area contributed by atoms with Crippen LogP contribution in [-0.2, 0) is 4.79 Å². The van der Waals surface area contributed by atoms with E-state index < -0.39 is 0 Å². The second kappa shape index (κ2) is 11.7. The van der Waals surface area contributed by atoms with Crippen LogP contribution in [0.15, 0.2) is 48.6 Å².